The summed E-state index contributed by atoms with van der Waals surface area (Å²) < 4.78 is 12.1. The Morgan fingerprint density at radius 1 is 1.23 bits per heavy atom. The lowest BCUT2D eigenvalue weighted by atomic mass is 9.81. The van der Waals surface area contributed by atoms with Crippen molar-refractivity contribution in [1.82, 2.24) is 14.9 Å². The average Bonchev–Trinajstić information content (AvgIpc) is 3.09. The lowest BCUT2D eigenvalue weighted by Gasteiger charge is -2.32. The minimum absolute atomic E-state index is 0.228. The molecule has 0 aliphatic carbocycles. The van der Waals surface area contributed by atoms with E-state index in [2.05, 4.69) is 19.8 Å². The Morgan fingerprint density at radius 3 is 2.42 bits per heavy atom. The van der Waals surface area contributed by atoms with Crippen molar-refractivity contribution < 1.29 is 14.4 Å². The van der Waals surface area contributed by atoms with Gasteiger partial charge in [-0.25, -0.2) is 9.97 Å². The van der Waals surface area contributed by atoms with E-state index in [4.69, 9.17) is 14.4 Å². The van der Waals surface area contributed by atoms with Crippen molar-refractivity contribution in [3.05, 3.63) is 12.4 Å². The van der Waals surface area contributed by atoms with E-state index in [0.29, 0.717) is 11.9 Å². The van der Waals surface area contributed by atoms with Gasteiger partial charge in [0, 0.05) is 44.5 Å². The van der Waals surface area contributed by atoms with Gasteiger partial charge in [-0.05, 0) is 46.6 Å². The first-order valence-corrected chi connectivity index (χ1v) is 9.44. The molecule has 8 heteroatoms. The minimum atomic E-state index is -0.429. The van der Waals surface area contributed by atoms with E-state index < -0.39 is 7.12 Å². The zero-order chi connectivity index (χ0) is 18.9. The normalized spacial score (nSPS) is 25.0. The van der Waals surface area contributed by atoms with E-state index in [0.717, 1.165) is 38.1 Å². The minimum Gasteiger partial charge on any atom is -0.399 e. The molecule has 0 spiro atoms. The standard InChI is InChI=1S/C18H31BN4O3/c1-17(2)18(3,4)26-19(25-17)15-10-20-16(21-11-15)22(5)12-14-6-7-23(13-14)8-9-24/h10-11,14,24H,6-9,12-13H2,1-5H3/t14-/m0/s1. The van der Waals surface area contributed by atoms with Gasteiger partial charge in [0.25, 0.3) is 0 Å². The molecule has 0 bridgehead atoms. The van der Waals surface area contributed by atoms with Crippen LogP contribution < -0.4 is 10.4 Å². The molecule has 1 N–H and O–H groups in total. The smallest absolute Gasteiger partial charge is 0.399 e. The second-order valence-corrected chi connectivity index (χ2v) is 8.46. The highest BCUT2D eigenvalue weighted by molar-refractivity contribution is 6.61. The third kappa shape index (κ3) is 4.03. The van der Waals surface area contributed by atoms with Gasteiger partial charge >= 0.3 is 7.12 Å². The van der Waals surface area contributed by atoms with Gasteiger partial charge in [-0.1, -0.05) is 0 Å². The molecule has 2 saturated heterocycles. The molecule has 0 saturated carbocycles. The van der Waals surface area contributed by atoms with Crippen molar-refractivity contribution in [2.75, 3.05) is 44.7 Å². The molecule has 0 radical (unpaired) electrons. The number of aromatic nitrogens is 2. The molecule has 26 heavy (non-hydrogen) atoms. The van der Waals surface area contributed by atoms with Crippen LogP contribution in [0.1, 0.15) is 34.1 Å². The van der Waals surface area contributed by atoms with E-state index in [1.807, 2.05) is 34.7 Å². The maximum absolute atomic E-state index is 9.06. The third-order valence-corrected chi connectivity index (χ3v) is 5.84. The molecule has 0 unspecified atom stereocenters. The summed E-state index contributed by atoms with van der Waals surface area (Å²) in [6.07, 6.45) is 4.75. The largest absolute Gasteiger partial charge is 0.498 e. The number of hydrogen-bond donors (Lipinski definition) is 1. The summed E-state index contributed by atoms with van der Waals surface area (Å²) in [6, 6.07) is 0. The van der Waals surface area contributed by atoms with E-state index in [1.165, 1.54) is 0 Å². The first kappa shape index (κ1) is 19.5. The molecule has 1 atom stereocenters. The van der Waals surface area contributed by atoms with E-state index in [-0.39, 0.29) is 17.8 Å². The Kier molecular flexibility index (Phi) is 5.58. The molecule has 2 fully saturated rings. The fourth-order valence-electron chi connectivity index (χ4n) is 3.50. The fraction of sp³-hybridized carbons (Fsp3) is 0.778. The van der Waals surface area contributed by atoms with Gasteiger partial charge in [-0.2, -0.15) is 0 Å². The first-order chi connectivity index (χ1) is 12.2. The van der Waals surface area contributed by atoms with Crippen LogP contribution in [0.2, 0.25) is 0 Å². The van der Waals surface area contributed by atoms with Crippen LogP contribution in [0.4, 0.5) is 5.95 Å². The predicted octanol–water partition coefficient (Wildman–Crippen LogP) is 0.526. The molecule has 2 aliphatic rings. The summed E-state index contributed by atoms with van der Waals surface area (Å²) in [5.74, 6) is 1.30. The third-order valence-electron chi connectivity index (χ3n) is 5.84. The van der Waals surface area contributed by atoms with E-state index >= 15 is 0 Å². The molecule has 0 aromatic carbocycles. The molecular weight excluding hydrogens is 331 g/mol. The van der Waals surface area contributed by atoms with Gasteiger partial charge in [0.05, 0.1) is 17.8 Å². The predicted molar refractivity (Wildman–Crippen MR) is 103 cm³/mol. The summed E-state index contributed by atoms with van der Waals surface area (Å²) in [5.41, 5.74) is 0.113. The van der Waals surface area contributed by atoms with Crippen LogP contribution in [0, 0.1) is 5.92 Å². The maximum Gasteiger partial charge on any atom is 0.498 e. The molecule has 0 amide bonds. The van der Waals surface area contributed by atoms with Crippen molar-refractivity contribution in [3.8, 4) is 0 Å². The maximum atomic E-state index is 9.06. The number of β-amino-alcohol motifs (C(OH)–C–C–N with tert-alkyl or cyclic N) is 1. The van der Waals surface area contributed by atoms with E-state index in [1.54, 1.807) is 12.4 Å². The van der Waals surface area contributed by atoms with Crippen LogP contribution in [0.3, 0.4) is 0 Å². The average molecular weight is 362 g/mol. The van der Waals surface area contributed by atoms with Gasteiger partial charge < -0.3 is 24.2 Å². The summed E-state index contributed by atoms with van der Waals surface area (Å²) in [7, 11) is 1.60. The second-order valence-electron chi connectivity index (χ2n) is 8.46. The molecule has 7 nitrogen and oxygen atoms in total. The number of likely N-dealkylation sites (tertiary alicyclic amines) is 1. The number of nitrogens with zero attached hydrogens (tertiary/aromatic N) is 4. The van der Waals surface area contributed by atoms with Crippen molar-refractivity contribution in [1.29, 1.82) is 0 Å². The summed E-state index contributed by atoms with van der Waals surface area (Å²) in [5, 5.41) is 9.06. The summed E-state index contributed by atoms with van der Waals surface area (Å²) >= 11 is 0. The number of aliphatic hydroxyl groups is 1. The Balaban J connectivity index is 1.58. The second kappa shape index (κ2) is 7.42. The Labute approximate surface area is 156 Å². The Bertz CT molecular complexity index is 595. The zero-order valence-electron chi connectivity index (χ0n) is 16.6. The van der Waals surface area contributed by atoms with Crippen LogP contribution in [-0.4, -0.2) is 78.1 Å². The topological polar surface area (TPSA) is 71.0 Å². The molecule has 144 valence electrons. The van der Waals surface area contributed by atoms with Crippen molar-refractivity contribution in [2.45, 2.75) is 45.3 Å². The van der Waals surface area contributed by atoms with Crippen molar-refractivity contribution >= 4 is 18.5 Å². The molecule has 1 aromatic rings. The Morgan fingerprint density at radius 2 is 1.85 bits per heavy atom. The monoisotopic (exact) mass is 362 g/mol. The number of hydrogen-bond acceptors (Lipinski definition) is 7. The molecule has 1 aromatic heterocycles. The van der Waals surface area contributed by atoms with Crippen molar-refractivity contribution in [2.24, 2.45) is 5.92 Å². The van der Waals surface area contributed by atoms with Crippen molar-refractivity contribution in [3.63, 3.8) is 0 Å². The lowest BCUT2D eigenvalue weighted by Crippen LogP contribution is -2.41. The van der Waals surface area contributed by atoms with Gasteiger partial charge in [0.1, 0.15) is 0 Å². The van der Waals surface area contributed by atoms with Crippen LogP contribution in [-0.2, 0) is 9.31 Å². The first-order valence-electron chi connectivity index (χ1n) is 9.44. The van der Waals surface area contributed by atoms with Crippen LogP contribution in [0.25, 0.3) is 0 Å². The highest BCUT2D eigenvalue weighted by Crippen LogP contribution is 2.36. The highest BCUT2D eigenvalue weighted by Gasteiger charge is 2.52. The fourth-order valence-corrected chi connectivity index (χ4v) is 3.50. The summed E-state index contributed by atoms with van der Waals surface area (Å²) in [4.78, 5) is 13.4. The zero-order valence-corrected chi connectivity index (χ0v) is 16.6. The Hall–Kier alpha value is -1.22. The van der Waals surface area contributed by atoms with Gasteiger partial charge in [-0.15, -0.1) is 0 Å². The van der Waals surface area contributed by atoms with Crippen LogP contribution >= 0.6 is 0 Å². The molecule has 3 rings (SSSR count). The quantitative estimate of drug-likeness (QED) is 0.740. The van der Waals surface area contributed by atoms with Gasteiger partial charge in [0.15, 0.2) is 0 Å². The van der Waals surface area contributed by atoms with E-state index in [9.17, 15) is 0 Å². The number of anilines is 1. The van der Waals surface area contributed by atoms with Gasteiger partial charge in [0.2, 0.25) is 5.95 Å². The molecular formula is C18H31BN4O3. The number of aliphatic hydroxyl groups excluding tert-OH is 1. The van der Waals surface area contributed by atoms with Crippen LogP contribution in [0.5, 0.6) is 0 Å². The molecule has 2 aliphatic heterocycles. The van der Waals surface area contributed by atoms with Gasteiger partial charge in [-0.3, -0.25) is 0 Å². The highest BCUT2D eigenvalue weighted by atomic mass is 16.7. The SMILES string of the molecule is CN(C[C@@H]1CCN(CCO)C1)c1ncc(B2OC(C)(C)C(C)(C)O2)cn1. The molecule has 3 heterocycles. The summed E-state index contributed by atoms with van der Waals surface area (Å²) in [6.45, 7) is 12.1. The van der Waals surface area contributed by atoms with Crippen LogP contribution in [0.15, 0.2) is 12.4 Å². The lowest BCUT2D eigenvalue weighted by molar-refractivity contribution is 0.00578. The number of rotatable bonds is 6.